The number of carbonyl (C=O) groups is 2. The second kappa shape index (κ2) is 9.09. The monoisotopic (exact) mass is 462 g/mol. The molecule has 1 fully saturated rings. The fourth-order valence-electron chi connectivity index (χ4n) is 3.47. The van der Waals surface area contributed by atoms with E-state index in [0.29, 0.717) is 23.6 Å². The highest BCUT2D eigenvalue weighted by atomic mass is 35.5. The van der Waals surface area contributed by atoms with Crippen LogP contribution in [0.25, 0.3) is 10.9 Å². The molecule has 11 heteroatoms. The number of piperidine rings is 1. The highest BCUT2D eigenvalue weighted by Crippen LogP contribution is 2.29. The number of pyridine rings is 1. The fourth-order valence-corrected chi connectivity index (χ4v) is 3.65. The molecule has 168 valence electrons. The molecule has 9 nitrogen and oxygen atoms in total. The van der Waals surface area contributed by atoms with Crippen LogP contribution in [-0.4, -0.2) is 52.6 Å². The largest absolute Gasteiger partial charge is 0.476 e. The van der Waals surface area contributed by atoms with Gasteiger partial charge in [0, 0.05) is 16.5 Å². The van der Waals surface area contributed by atoms with Crippen molar-refractivity contribution in [1.82, 2.24) is 20.8 Å². The summed E-state index contributed by atoms with van der Waals surface area (Å²) in [5.74, 6) is -1.33. The number of fused-ring (bicyclic) bond motifs is 1. The zero-order chi connectivity index (χ0) is 22.7. The van der Waals surface area contributed by atoms with Crippen molar-refractivity contribution in [2.45, 2.75) is 24.6 Å². The lowest BCUT2D eigenvalue weighted by Gasteiger charge is -2.30. The quantitative estimate of drug-likeness (QED) is 0.508. The van der Waals surface area contributed by atoms with Crippen LogP contribution < -0.4 is 10.6 Å². The summed E-state index contributed by atoms with van der Waals surface area (Å²) in [6, 6.07) is 9.58. The number of carbonyl (C=O) groups excluding carboxylic acids is 1. The molecule has 1 aliphatic rings. The second-order valence-electron chi connectivity index (χ2n) is 7.53. The lowest BCUT2D eigenvalue weighted by molar-refractivity contribution is 0.0682. The fraction of sp³-hybridized carbons (Fsp3) is 0.333. The number of benzene rings is 1. The van der Waals surface area contributed by atoms with Gasteiger partial charge in [-0.05, 0) is 50.2 Å². The first-order valence-electron chi connectivity index (χ1n) is 9.93. The molecule has 0 bridgehead atoms. The predicted molar refractivity (Wildman–Crippen MR) is 112 cm³/mol. The summed E-state index contributed by atoms with van der Waals surface area (Å²) in [6.45, 7) is 0.842. The van der Waals surface area contributed by atoms with Crippen LogP contribution in [0.1, 0.15) is 40.9 Å². The summed E-state index contributed by atoms with van der Waals surface area (Å²) < 4.78 is 25.4. The molecular weight excluding hydrogens is 443 g/mol. The summed E-state index contributed by atoms with van der Waals surface area (Å²) in [4.78, 5) is 28.2. The number of carboxylic acids is 1. The van der Waals surface area contributed by atoms with Crippen LogP contribution in [0.5, 0.6) is 0 Å². The van der Waals surface area contributed by atoms with Crippen LogP contribution in [0, 0.1) is 0 Å². The van der Waals surface area contributed by atoms with Gasteiger partial charge in [-0.3, -0.25) is 0 Å². The van der Waals surface area contributed by atoms with Gasteiger partial charge in [0.05, 0.1) is 17.8 Å². The maximum atomic E-state index is 14.8. The molecule has 1 atom stereocenters. The normalized spacial score (nSPS) is 16.4. The van der Waals surface area contributed by atoms with E-state index in [1.807, 2.05) is 0 Å². The van der Waals surface area contributed by atoms with E-state index >= 15 is 0 Å². The number of aromatic carboxylic acids is 1. The first-order valence-corrected chi connectivity index (χ1v) is 10.3. The number of nitrogens with zero attached hydrogens (tertiary/aromatic N) is 2. The molecular formula is C21H20ClFN4O5. The van der Waals surface area contributed by atoms with Crippen molar-refractivity contribution in [1.29, 1.82) is 0 Å². The summed E-state index contributed by atoms with van der Waals surface area (Å²) >= 11 is 6.01. The van der Waals surface area contributed by atoms with Gasteiger partial charge in [0.1, 0.15) is 5.67 Å². The predicted octanol–water partition coefficient (Wildman–Crippen LogP) is 3.48. The van der Waals surface area contributed by atoms with Crippen LogP contribution in [0.15, 0.2) is 40.9 Å². The average molecular weight is 463 g/mol. The van der Waals surface area contributed by atoms with Crippen LogP contribution in [0.2, 0.25) is 5.02 Å². The molecule has 4 rings (SSSR count). The zero-order valence-corrected chi connectivity index (χ0v) is 17.6. The minimum Gasteiger partial charge on any atom is -0.476 e. The van der Waals surface area contributed by atoms with E-state index < -0.39 is 23.8 Å². The number of alkyl carbamates (subject to hydrolysis) is 1. The summed E-state index contributed by atoms with van der Waals surface area (Å²) in [6.07, 6.45) is -1.54. The standard InChI is InChI=1S/C21H20ClFN4O5/c22-13-2-4-14-12(9-13)1-3-15(26-14)18(17-10-16(19(28)29)27-32-17)31-20(30)25-11-21(23)5-7-24-8-6-21/h1-4,9-10,18,24H,5-8,11H2,(H,25,30)(H,28,29). The molecule has 3 N–H and O–H groups in total. The van der Waals surface area contributed by atoms with Gasteiger partial charge in [-0.25, -0.2) is 19.0 Å². The van der Waals surface area contributed by atoms with Gasteiger partial charge in [0.2, 0.25) is 6.10 Å². The number of rotatable bonds is 6. The first-order chi connectivity index (χ1) is 15.3. The number of aromatic nitrogens is 2. The van der Waals surface area contributed by atoms with Crippen molar-refractivity contribution in [3.05, 3.63) is 58.6 Å². The van der Waals surface area contributed by atoms with Crippen LogP contribution in [-0.2, 0) is 4.74 Å². The molecule has 0 radical (unpaired) electrons. The number of alkyl halides is 1. The minimum absolute atomic E-state index is 0.0322. The van der Waals surface area contributed by atoms with Gasteiger partial charge < -0.3 is 25.0 Å². The molecule has 3 heterocycles. The van der Waals surface area contributed by atoms with Crippen LogP contribution >= 0.6 is 11.6 Å². The van der Waals surface area contributed by atoms with E-state index in [-0.39, 0.29) is 36.5 Å². The third-order valence-corrected chi connectivity index (χ3v) is 5.46. The van der Waals surface area contributed by atoms with Crippen molar-refractivity contribution in [3.63, 3.8) is 0 Å². The average Bonchev–Trinajstić information content (AvgIpc) is 3.27. The molecule has 3 aromatic rings. The van der Waals surface area contributed by atoms with E-state index in [1.54, 1.807) is 30.3 Å². The lowest BCUT2D eigenvalue weighted by atomic mass is 9.94. The number of nitrogens with one attached hydrogen (secondary N) is 2. The molecule has 0 aliphatic carbocycles. The van der Waals surface area contributed by atoms with Gasteiger partial charge in [0.25, 0.3) is 0 Å². The zero-order valence-electron chi connectivity index (χ0n) is 16.8. The second-order valence-corrected chi connectivity index (χ2v) is 7.97. The number of hydrogen-bond acceptors (Lipinski definition) is 7. The molecule has 1 amide bonds. The Labute approximate surface area is 186 Å². The molecule has 1 aromatic carbocycles. The van der Waals surface area contributed by atoms with Gasteiger partial charge in [0.15, 0.2) is 11.5 Å². The SMILES string of the molecule is O=C(NCC1(F)CCNCC1)OC(c1ccc2cc(Cl)ccc2n1)c1cc(C(=O)O)no1. The third-order valence-electron chi connectivity index (χ3n) is 5.22. The minimum atomic E-state index is -1.52. The molecule has 0 saturated carbocycles. The lowest BCUT2D eigenvalue weighted by Crippen LogP contribution is -2.47. The van der Waals surface area contributed by atoms with E-state index in [9.17, 15) is 14.0 Å². The molecule has 1 aliphatic heterocycles. The maximum Gasteiger partial charge on any atom is 0.408 e. The number of hydrogen-bond donors (Lipinski definition) is 3. The Hall–Kier alpha value is -3.24. The van der Waals surface area contributed by atoms with E-state index in [0.717, 1.165) is 11.5 Å². The van der Waals surface area contributed by atoms with Gasteiger partial charge in [-0.15, -0.1) is 0 Å². The smallest absolute Gasteiger partial charge is 0.408 e. The van der Waals surface area contributed by atoms with E-state index in [2.05, 4.69) is 20.8 Å². The Morgan fingerprint density at radius 2 is 2.06 bits per heavy atom. The Kier molecular flexibility index (Phi) is 6.24. The Morgan fingerprint density at radius 3 is 2.78 bits per heavy atom. The maximum absolute atomic E-state index is 14.8. The topological polar surface area (TPSA) is 127 Å². The number of carboxylic acid groups (broad SMARTS) is 1. The van der Waals surface area contributed by atoms with Crippen molar-refractivity contribution in [2.75, 3.05) is 19.6 Å². The van der Waals surface area contributed by atoms with Crippen molar-refractivity contribution in [2.24, 2.45) is 0 Å². The highest BCUT2D eigenvalue weighted by Gasteiger charge is 2.33. The molecule has 2 aromatic heterocycles. The molecule has 1 unspecified atom stereocenters. The number of halogens is 2. The summed E-state index contributed by atoms with van der Waals surface area (Å²) in [5.41, 5.74) is -1.02. The van der Waals surface area contributed by atoms with Crippen molar-refractivity contribution >= 4 is 34.6 Å². The molecule has 32 heavy (non-hydrogen) atoms. The van der Waals surface area contributed by atoms with Gasteiger partial charge in [-0.2, -0.15) is 0 Å². The van der Waals surface area contributed by atoms with Gasteiger partial charge in [-0.1, -0.05) is 22.8 Å². The van der Waals surface area contributed by atoms with Crippen molar-refractivity contribution < 1.29 is 28.3 Å². The van der Waals surface area contributed by atoms with Gasteiger partial charge >= 0.3 is 12.1 Å². The van der Waals surface area contributed by atoms with Crippen LogP contribution in [0.4, 0.5) is 9.18 Å². The Balaban J connectivity index is 1.58. The highest BCUT2D eigenvalue weighted by molar-refractivity contribution is 6.31. The molecule has 1 saturated heterocycles. The number of ether oxygens (including phenoxy) is 1. The van der Waals surface area contributed by atoms with E-state index in [1.165, 1.54) is 0 Å². The molecule has 0 spiro atoms. The summed E-state index contributed by atoms with van der Waals surface area (Å²) in [5, 5.41) is 19.4. The van der Waals surface area contributed by atoms with E-state index in [4.69, 9.17) is 26.0 Å². The Bertz CT molecular complexity index is 1150. The Morgan fingerprint density at radius 1 is 1.28 bits per heavy atom. The third kappa shape index (κ3) is 4.97. The summed E-state index contributed by atoms with van der Waals surface area (Å²) in [7, 11) is 0. The first kappa shape index (κ1) is 22.0. The van der Waals surface area contributed by atoms with Crippen LogP contribution in [0.3, 0.4) is 0 Å². The number of amides is 1. The van der Waals surface area contributed by atoms with Crippen molar-refractivity contribution in [3.8, 4) is 0 Å².